The summed E-state index contributed by atoms with van der Waals surface area (Å²) in [5, 5.41) is 5.68. The van der Waals surface area contributed by atoms with Gasteiger partial charge in [-0.3, -0.25) is 4.68 Å². The summed E-state index contributed by atoms with van der Waals surface area (Å²) < 4.78 is 2.07. The fourth-order valence-electron chi connectivity index (χ4n) is 2.17. The lowest BCUT2D eigenvalue weighted by atomic mass is 10.1. The molecule has 0 aliphatic heterocycles. The third kappa shape index (κ3) is 1.72. The molecule has 3 aromatic rings. The highest BCUT2D eigenvalue weighted by atomic mass is 15.3. The second-order valence-corrected chi connectivity index (χ2v) is 4.23. The van der Waals surface area contributed by atoms with Crippen LogP contribution in [0.5, 0.6) is 0 Å². The van der Waals surface area contributed by atoms with Crippen LogP contribution in [0.1, 0.15) is 18.5 Å². The Bertz CT molecular complexity index is 625. The Hall–Kier alpha value is -2.09. The molecule has 2 nitrogen and oxygen atoms in total. The number of hydrogen-bond acceptors (Lipinski definition) is 1. The summed E-state index contributed by atoms with van der Waals surface area (Å²) in [5.74, 6) is 0. The minimum Gasteiger partial charge on any atom is -0.258 e. The van der Waals surface area contributed by atoms with Crippen LogP contribution in [0.25, 0.3) is 10.9 Å². The Kier molecular flexibility index (Phi) is 2.41. The van der Waals surface area contributed by atoms with Gasteiger partial charge < -0.3 is 0 Å². The van der Waals surface area contributed by atoms with Crippen LogP contribution in [-0.2, 0) is 0 Å². The fraction of sp³-hybridized carbons (Fsp3) is 0.133. The second-order valence-electron chi connectivity index (χ2n) is 4.23. The number of aromatic nitrogens is 2. The van der Waals surface area contributed by atoms with Crippen LogP contribution in [0.15, 0.2) is 60.8 Å². The van der Waals surface area contributed by atoms with Gasteiger partial charge in [-0.15, -0.1) is 0 Å². The van der Waals surface area contributed by atoms with Gasteiger partial charge >= 0.3 is 0 Å². The van der Waals surface area contributed by atoms with Crippen molar-refractivity contribution in [1.82, 2.24) is 9.78 Å². The van der Waals surface area contributed by atoms with Gasteiger partial charge in [0.25, 0.3) is 0 Å². The van der Waals surface area contributed by atoms with Gasteiger partial charge in [-0.2, -0.15) is 5.10 Å². The molecule has 2 aromatic carbocycles. The largest absolute Gasteiger partial charge is 0.258 e. The first-order chi connectivity index (χ1) is 8.36. The molecule has 84 valence electrons. The first-order valence-corrected chi connectivity index (χ1v) is 5.83. The van der Waals surface area contributed by atoms with E-state index in [1.807, 2.05) is 18.3 Å². The molecule has 0 N–H and O–H groups in total. The Balaban J connectivity index is 2.10. The van der Waals surface area contributed by atoms with Crippen LogP contribution in [0.3, 0.4) is 0 Å². The van der Waals surface area contributed by atoms with Crippen molar-refractivity contribution < 1.29 is 0 Å². The number of para-hydroxylation sites is 1. The van der Waals surface area contributed by atoms with Gasteiger partial charge in [0, 0.05) is 5.39 Å². The first-order valence-electron chi connectivity index (χ1n) is 5.83. The predicted molar refractivity (Wildman–Crippen MR) is 70.0 cm³/mol. The standard InChI is InChI=1S/C15H14N2/c1-12(13-7-3-2-4-8-13)17-15-10-6-5-9-14(15)11-16-17/h2-12H,1H3. The maximum Gasteiger partial charge on any atom is 0.0747 e. The normalized spacial score (nSPS) is 12.8. The Morgan fingerprint density at radius 3 is 2.47 bits per heavy atom. The molecule has 1 heterocycles. The average Bonchev–Trinajstić information content (AvgIpc) is 2.83. The van der Waals surface area contributed by atoms with Crippen molar-refractivity contribution in [3.8, 4) is 0 Å². The van der Waals surface area contributed by atoms with Gasteiger partial charge in [0.05, 0.1) is 17.8 Å². The minimum atomic E-state index is 0.260. The van der Waals surface area contributed by atoms with Gasteiger partial charge in [-0.25, -0.2) is 0 Å². The van der Waals surface area contributed by atoms with Crippen molar-refractivity contribution in [3.05, 3.63) is 66.4 Å². The molecular formula is C15H14N2. The fourth-order valence-corrected chi connectivity index (χ4v) is 2.17. The zero-order chi connectivity index (χ0) is 11.7. The summed E-state index contributed by atoms with van der Waals surface area (Å²) in [6, 6.07) is 19.0. The summed E-state index contributed by atoms with van der Waals surface area (Å²) in [7, 11) is 0. The molecule has 0 aliphatic carbocycles. The highest BCUT2D eigenvalue weighted by Gasteiger charge is 2.10. The van der Waals surface area contributed by atoms with Crippen molar-refractivity contribution >= 4 is 10.9 Å². The Morgan fingerprint density at radius 1 is 0.941 bits per heavy atom. The lowest BCUT2D eigenvalue weighted by molar-refractivity contribution is 0.584. The molecular weight excluding hydrogens is 208 g/mol. The van der Waals surface area contributed by atoms with Crippen LogP contribution >= 0.6 is 0 Å². The van der Waals surface area contributed by atoms with Crippen molar-refractivity contribution in [2.24, 2.45) is 0 Å². The number of benzene rings is 2. The smallest absolute Gasteiger partial charge is 0.0747 e. The van der Waals surface area contributed by atoms with Crippen LogP contribution < -0.4 is 0 Å². The van der Waals surface area contributed by atoms with Crippen molar-refractivity contribution in [1.29, 1.82) is 0 Å². The van der Waals surface area contributed by atoms with Gasteiger partial charge in [0.2, 0.25) is 0 Å². The quantitative estimate of drug-likeness (QED) is 0.647. The van der Waals surface area contributed by atoms with E-state index < -0.39 is 0 Å². The van der Waals surface area contributed by atoms with E-state index in [9.17, 15) is 0 Å². The molecule has 2 heteroatoms. The van der Waals surface area contributed by atoms with Crippen LogP contribution in [0, 0.1) is 0 Å². The molecule has 1 atom stereocenters. The van der Waals surface area contributed by atoms with Crippen molar-refractivity contribution in [2.75, 3.05) is 0 Å². The predicted octanol–water partition coefficient (Wildman–Crippen LogP) is 3.65. The molecule has 0 aliphatic rings. The molecule has 0 spiro atoms. The van der Waals surface area contributed by atoms with E-state index in [1.54, 1.807) is 0 Å². The maximum atomic E-state index is 4.49. The van der Waals surface area contributed by atoms with Gasteiger partial charge in [-0.05, 0) is 18.6 Å². The summed E-state index contributed by atoms with van der Waals surface area (Å²) >= 11 is 0. The second kappa shape index (κ2) is 4.06. The van der Waals surface area contributed by atoms with Crippen molar-refractivity contribution in [2.45, 2.75) is 13.0 Å². The Labute approximate surface area is 101 Å². The summed E-state index contributed by atoms with van der Waals surface area (Å²) in [5.41, 5.74) is 2.46. The van der Waals surface area contributed by atoms with Crippen LogP contribution in [-0.4, -0.2) is 9.78 Å². The molecule has 0 radical (unpaired) electrons. The first kappa shape index (κ1) is 10.1. The van der Waals surface area contributed by atoms with E-state index >= 15 is 0 Å². The number of nitrogens with zero attached hydrogens (tertiary/aromatic N) is 2. The van der Waals surface area contributed by atoms with E-state index in [-0.39, 0.29) is 6.04 Å². The summed E-state index contributed by atoms with van der Waals surface area (Å²) in [6.07, 6.45) is 1.93. The van der Waals surface area contributed by atoms with E-state index in [0.29, 0.717) is 0 Å². The molecule has 1 unspecified atom stereocenters. The molecule has 0 bridgehead atoms. The third-order valence-electron chi connectivity index (χ3n) is 3.15. The number of fused-ring (bicyclic) bond motifs is 1. The SMILES string of the molecule is CC(c1ccccc1)n1ncc2ccccc21. The lowest BCUT2D eigenvalue weighted by Crippen LogP contribution is -2.07. The molecule has 0 saturated carbocycles. The molecule has 0 amide bonds. The van der Waals surface area contributed by atoms with Gasteiger partial charge in [0.1, 0.15) is 0 Å². The third-order valence-corrected chi connectivity index (χ3v) is 3.15. The average molecular weight is 222 g/mol. The van der Waals surface area contributed by atoms with Crippen LogP contribution in [0.2, 0.25) is 0 Å². The molecule has 0 saturated heterocycles. The lowest BCUT2D eigenvalue weighted by Gasteiger charge is -2.13. The van der Waals surface area contributed by atoms with Crippen LogP contribution in [0.4, 0.5) is 0 Å². The highest BCUT2D eigenvalue weighted by Crippen LogP contribution is 2.22. The summed E-state index contributed by atoms with van der Waals surface area (Å²) in [4.78, 5) is 0. The van der Waals surface area contributed by atoms with Gasteiger partial charge in [-0.1, -0.05) is 48.5 Å². The number of rotatable bonds is 2. The van der Waals surface area contributed by atoms with Crippen molar-refractivity contribution in [3.63, 3.8) is 0 Å². The van der Waals surface area contributed by atoms with Gasteiger partial charge in [0.15, 0.2) is 0 Å². The monoisotopic (exact) mass is 222 g/mol. The molecule has 17 heavy (non-hydrogen) atoms. The summed E-state index contributed by atoms with van der Waals surface area (Å²) in [6.45, 7) is 2.18. The topological polar surface area (TPSA) is 17.8 Å². The van der Waals surface area contributed by atoms with E-state index in [1.165, 1.54) is 16.5 Å². The number of hydrogen-bond donors (Lipinski definition) is 0. The molecule has 0 fully saturated rings. The zero-order valence-electron chi connectivity index (χ0n) is 9.75. The van der Waals surface area contributed by atoms with E-state index in [4.69, 9.17) is 0 Å². The zero-order valence-corrected chi connectivity index (χ0v) is 9.75. The maximum absolute atomic E-state index is 4.49. The van der Waals surface area contributed by atoms with E-state index in [2.05, 4.69) is 59.2 Å². The highest BCUT2D eigenvalue weighted by molar-refractivity contribution is 5.78. The Morgan fingerprint density at radius 2 is 1.65 bits per heavy atom. The molecule has 3 rings (SSSR count). The molecule has 1 aromatic heterocycles. The minimum absolute atomic E-state index is 0.260. The van der Waals surface area contributed by atoms with E-state index in [0.717, 1.165) is 0 Å².